The fraction of sp³-hybridized carbons (Fsp3) is 0.182. The van der Waals surface area contributed by atoms with Gasteiger partial charge in [-0.1, -0.05) is 23.4 Å². The van der Waals surface area contributed by atoms with E-state index in [1.807, 2.05) is 24.4 Å². The van der Waals surface area contributed by atoms with E-state index in [1.165, 1.54) is 23.1 Å². The summed E-state index contributed by atoms with van der Waals surface area (Å²) in [6.07, 6.45) is 5.21. The molecule has 2 aromatic heterocycles. The minimum Gasteiger partial charge on any atom is -0.361 e. The van der Waals surface area contributed by atoms with Crippen molar-refractivity contribution in [3.05, 3.63) is 77.9 Å². The highest BCUT2D eigenvalue weighted by molar-refractivity contribution is 5.83. The average molecular weight is 377 g/mol. The third-order valence-electron chi connectivity index (χ3n) is 4.76. The summed E-state index contributed by atoms with van der Waals surface area (Å²) in [5, 5.41) is 7.97. The molecular formula is C22H20FN3O2. The summed E-state index contributed by atoms with van der Waals surface area (Å²) in [6.45, 7) is 0.579. The first-order valence-electron chi connectivity index (χ1n) is 9.22. The van der Waals surface area contributed by atoms with Crippen molar-refractivity contribution in [2.45, 2.75) is 19.3 Å². The lowest BCUT2D eigenvalue weighted by molar-refractivity contribution is -0.121. The van der Waals surface area contributed by atoms with Crippen LogP contribution < -0.4 is 5.32 Å². The van der Waals surface area contributed by atoms with Crippen LogP contribution in [0.4, 0.5) is 4.39 Å². The van der Waals surface area contributed by atoms with E-state index in [1.54, 1.807) is 18.3 Å². The zero-order valence-electron chi connectivity index (χ0n) is 15.2. The number of para-hydroxylation sites is 1. The number of aromatic nitrogens is 2. The molecule has 0 spiro atoms. The molecule has 5 nitrogen and oxygen atoms in total. The number of fused-ring (bicyclic) bond motifs is 1. The molecule has 1 amide bonds. The lowest BCUT2D eigenvalue weighted by atomic mass is 10.1. The lowest BCUT2D eigenvalue weighted by Crippen LogP contribution is -2.25. The number of halogens is 1. The molecule has 0 aliphatic rings. The van der Waals surface area contributed by atoms with Crippen molar-refractivity contribution < 1.29 is 13.7 Å². The number of benzene rings is 2. The van der Waals surface area contributed by atoms with E-state index in [4.69, 9.17) is 4.52 Å². The van der Waals surface area contributed by atoms with Crippen molar-refractivity contribution in [2.24, 2.45) is 0 Å². The third kappa shape index (κ3) is 3.96. The molecule has 2 aromatic carbocycles. The van der Waals surface area contributed by atoms with Gasteiger partial charge in [0.25, 0.3) is 0 Å². The number of amides is 1. The van der Waals surface area contributed by atoms with Gasteiger partial charge in [-0.05, 0) is 48.7 Å². The smallest absolute Gasteiger partial charge is 0.220 e. The van der Waals surface area contributed by atoms with Gasteiger partial charge in [-0.3, -0.25) is 4.79 Å². The molecule has 6 heteroatoms. The standard InChI is InChI=1S/C22H20FN3O2/c23-18-8-5-15(6-9-18)22-17(14-26-28-22)7-10-21(27)24-12-11-16-13-25-20-4-2-1-3-19(16)20/h1-6,8-9,13-14,25H,7,10-12H2,(H,24,27). The van der Waals surface area contributed by atoms with E-state index in [-0.39, 0.29) is 11.7 Å². The van der Waals surface area contributed by atoms with Crippen molar-refractivity contribution in [1.29, 1.82) is 0 Å². The number of hydrogen-bond donors (Lipinski definition) is 2. The van der Waals surface area contributed by atoms with Gasteiger partial charge < -0.3 is 14.8 Å². The number of nitrogens with zero attached hydrogens (tertiary/aromatic N) is 1. The van der Waals surface area contributed by atoms with E-state index in [0.29, 0.717) is 25.1 Å². The van der Waals surface area contributed by atoms with Gasteiger partial charge in [0.2, 0.25) is 5.91 Å². The molecule has 2 N–H and O–H groups in total. The second kappa shape index (κ2) is 8.08. The summed E-state index contributed by atoms with van der Waals surface area (Å²) in [4.78, 5) is 15.4. The van der Waals surface area contributed by atoms with E-state index in [2.05, 4.69) is 21.5 Å². The summed E-state index contributed by atoms with van der Waals surface area (Å²) in [7, 11) is 0. The third-order valence-corrected chi connectivity index (χ3v) is 4.76. The second-order valence-electron chi connectivity index (χ2n) is 6.65. The van der Waals surface area contributed by atoms with Crippen molar-refractivity contribution >= 4 is 16.8 Å². The Kier molecular flexibility index (Phi) is 5.19. The Morgan fingerprint density at radius 1 is 1.07 bits per heavy atom. The van der Waals surface area contributed by atoms with Crippen LogP contribution in [0.15, 0.2) is 65.4 Å². The first-order chi connectivity index (χ1) is 13.7. The summed E-state index contributed by atoms with van der Waals surface area (Å²) >= 11 is 0. The summed E-state index contributed by atoms with van der Waals surface area (Å²) in [5.74, 6) is 0.247. The predicted molar refractivity (Wildman–Crippen MR) is 105 cm³/mol. The Hall–Kier alpha value is -3.41. The van der Waals surface area contributed by atoms with Gasteiger partial charge in [-0.25, -0.2) is 4.39 Å². The highest BCUT2D eigenvalue weighted by Crippen LogP contribution is 2.24. The monoisotopic (exact) mass is 377 g/mol. The molecule has 0 aliphatic carbocycles. The Labute approximate surface area is 161 Å². The normalized spacial score (nSPS) is 11.0. The van der Waals surface area contributed by atoms with E-state index in [0.717, 1.165) is 23.1 Å². The maximum Gasteiger partial charge on any atom is 0.220 e. The van der Waals surface area contributed by atoms with Gasteiger partial charge >= 0.3 is 0 Å². The number of hydrogen-bond acceptors (Lipinski definition) is 3. The van der Waals surface area contributed by atoms with Gasteiger partial charge in [0.05, 0.1) is 6.20 Å². The molecule has 4 rings (SSSR count). The SMILES string of the molecule is O=C(CCc1cnoc1-c1ccc(F)cc1)NCCc1c[nH]c2ccccc12. The number of H-pyrrole nitrogens is 1. The zero-order chi connectivity index (χ0) is 19.3. The van der Waals surface area contributed by atoms with Crippen LogP contribution in [0.3, 0.4) is 0 Å². The number of aromatic amines is 1. The Morgan fingerprint density at radius 3 is 2.75 bits per heavy atom. The molecule has 0 saturated heterocycles. The average Bonchev–Trinajstić information content (AvgIpc) is 3.34. The van der Waals surface area contributed by atoms with E-state index >= 15 is 0 Å². The minimum absolute atomic E-state index is 0.0221. The first-order valence-corrected chi connectivity index (χ1v) is 9.22. The van der Waals surface area contributed by atoms with E-state index < -0.39 is 0 Å². The predicted octanol–water partition coefficient (Wildman–Crippen LogP) is 4.25. The van der Waals surface area contributed by atoms with Gasteiger partial charge in [0, 0.05) is 41.2 Å². The lowest BCUT2D eigenvalue weighted by Gasteiger charge is -2.05. The Balaban J connectivity index is 1.29. The summed E-state index contributed by atoms with van der Waals surface area (Å²) in [6, 6.07) is 14.1. The van der Waals surface area contributed by atoms with Crippen LogP contribution in [-0.2, 0) is 17.6 Å². The molecule has 4 aromatic rings. The molecule has 0 radical (unpaired) electrons. The van der Waals surface area contributed by atoms with Crippen LogP contribution in [0.25, 0.3) is 22.2 Å². The zero-order valence-corrected chi connectivity index (χ0v) is 15.2. The molecule has 0 bridgehead atoms. The number of carbonyl (C=O) groups is 1. The molecular weight excluding hydrogens is 357 g/mol. The maximum atomic E-state index is 13.1. The van der Waals surface area contributed by atoms with Crippen LogP contribution in [-0.4, -0.2) is 22.6 Å². The van der Waals surface area contributed by atoms with Crippen molar-refractivity contribution in [2.75, 3.05) is 6.54 Å². The Morgan fingerprint density at radius 2 is 1.89 bits per heavy atom. The van der Waals surface area contributed by atoms with Crippen molar-refractivity contribution in [3.63, 3.8) is 0 Å². The molecule has 0 atom stereocenters. The van der Waals surface area contributed by atoms with Crippen molar-refractivity contribution in [3.8, 4) is 11.3 Å². The molecule has 2 heterocycles. The summed E-state index contributed by atoms with van der Waals surface area (Å²) in [5.41, 5.74) is 3.87. The van der Waals surface area contributed by atoms with Gasteiger partial charge in [0.15, 0.2) is 5.76 Å². The number of carbonyl (C=O) groups excluding carboxylic acids is 1. The molecule has 0 aliphatic heterocycles. The molecule has 0 unspecified atom stereocenters. The molecule has 28 heavy (non-hydrogen) atoms. The quantitative estimate of drug-likeness (QED) is 0.506. The van der Waals surface area contributed by atoms with Crippen LogP contribution in [0.2, 0.25) is 0 Å². The van der Waals surface area contributed by atoms with Crippen LogP contribution in [0, 0.1) is 5.82 Å². The Bertz CT molecular complexity index is 1080. The van der Waals surface area contributed by atoms with Gasteiger partial charge in [-0.2, -0.15) is 0 Å². The van der Waals surface area contributed by atoms with E-state index in [9.17, 15) is 9.18 Å². The van der Waals surface area contributed by atoms with Crippen LogP contribution in [0.5, 0.6) is 0 Å². The molecule has 0 fully saturated rings. The van der Waals surface area contributed by atoms with Crippen LogP contribution >= 0.6 is 0 Å². The fourth-order valence-corrected chi connectivity index (χ4v) is 3.29. The van der Waals surface area contributed by atoms with Crippen molar-refractivity contribution in [1.82, 2.24) is 15.5 Å². The van der Waals surface area contributed by atoms with Crippen LogP contribution in [0.1, 0.15) is 17.5 Å². The largest absolute Gasteiger partial charge is 0.361 e. The highest BCUT2D eigenvalue weighted by Gasteiger charge is 2.13. The topological polar surface area (TPSA) is 70.9 Å². The summed E-state index contributed by atoms with van der Waals surface area (Å²) < 4.78 is 18.4. The number of aryl methyl sites for hydroxylation is 1. The highest BCUT2D eigenvalue weighted by atomic mass is 19.1. The minimum atomic E-state index is -0.306. The van der Waals surface area contributed by atoms with Gasteiger partial charge in [-0.15, -0.1) is 0 Å². The second-order valence-corrected chi connectivity index (χ2v) is 6.65. The number of rotatable bonds is 7. The molecule has 142 valence electrons. The van der Waals surface area contributed by atoms with Gasteiger partial charge in [0.1, 0.15) is 5.82 Å². The molecule has 0 saturated carbocycles. The first kappa shape index (κ1) is 18.0. The number of nitrogens with one attached hydrogen (secondary N) is 2. The maximum absolute atomic E-state index is 13.1. The fourth-order valence-electron chi connectivity index (χ4n) is 3.29.